The third-order valence-electron chi connectivity index (χ3n) is 4.19. The summed E-state index contributed by atoms with van der Waals surface area (Å²) in [5.41, 5.74) is 3.44. The lowest BCUT2D eigenvalue weighted by atomic mass is 10.1. The average Bonchev–Trinajstić information content (AvgIpc) is 3.17. The van der Waals surface area contributed by atoms with Crippen molar-refractivity contribution in [2.45, 2.75) is 6.92 Å². The molecule has 4 aromatic rings. The van der Waals surface area contributed by atoms with Crippen LogP contribution in [0.1, 0.15) is 5.56 Å². The second-order valence-electron chi connectivity index (χ2n) is 5.85. The number of fused-ring (bicyclic) bond motifs is 1. The van der Waals surface area contributed by atoms with Crippen LogP contribution in [0.5, 0.6) is 11.6 Å². The highest BCUT2D eigenvalue weighted by atomic mass is 16.5. The first-order valence-electron chi connectivity index (χ1n) is 8.12. The zero-order valence-electron chi connectivity index (χ0n) is 14.7. The molecule has 130 valence electrons. The van der Waals surface area contributed by atoms with Crippen LogP contribution in [0.3, 0.4) is 0 Å². The van der Waals surface area contributed by atoms with Crippen molar-refractivity contribution in [1.29, 1.82) is 0 Å². The molecule has 26 heavy (non-hydrogen) atoms. The van der Waals surface area contributed by atoms with Crippen LogP contribution in [-0.2, 0) is 0 Å². The normalized spacial score (nSPS) is 10.9. The van der Waals surface area contributed by atoms with Gasteiger partial charge in [0.15, 0.2) is 0 Å². The number of rotatable bonds is 4. The third-order valence-corrected chi connectivity index (χ3v) is 4.19. The van der Waals surface area contributed by atoms with E-state index >= 15 is 0 Å². The summed E-state index contributed by atoms with van der Waals surface area (Å²) in [6.07, 6.45) is 0. The molecular weight excluding hydrogens is 330 g/mol. The highest BCUT2D eigenvalue weighted by Crippen LogP contribution is 2.32. The van der Waals surface area contributed by atoms with Crippen LogP contribution >= 0.6 is 0 Å². The van der Waals surface area contributed by atoms with E-state index in [0.717, 1.165) is 27.8 Å². The molecule has 0 amide bonds. The van der Waals surface area contributed by atoms with E-state index in [0.29, 0.717) is 23.2 Å². The number of aryl methyl sites for hydroxylation is 1. The number of methoxy groups -OCH3 is 2. The molecule has 0 N–H and O–H groups in total. The monoisotopic (exact) mass is 347 g/mol. The Hall–Kier alpha value is -3.41. The van der Waals surface area contributed by atoms with E-state index < -0.39 is 0 Å². The van der Waals surface area contributed by atoms with Crippen molar-refractivity contribution in [3.63, 3.8) is 0 Å². The Kier molecular flexibility index (Phi) is 4.01. The molecule has 0 aliphatic carbocycles. The standard InChI is InChI=1S/C20H17N3O3/c1-12-6-4-7-13-11-16(20(25-3)21-17(12)13)18-22-19(26-23-18)14-8-5-9-15(10-14)24-2/h4-11H,1-3H3. The lowest BCUT2D eigenvalue weighted by molar-refractivity contribution is 0.399. The predicted molar refractivity (Wildman–Crippen MR) is 98.3 cm³/mol. The van der Waals surface area contributed by atoms with Gasteiger partial charge >= 0.3 is 0 Å². The molecule has 2 heterocycles. The molecule has 6 nitrogen and oxygen atoms in total. The van der Waals surface area contributed by atoms with Gasteiger partial charge in [-0.1, -0.05) is 29.4 Å². The number of nitrogens with zero attached hydrogens (tertiary/aromatic N) is 3. The zero-order valence-corrected chi connectivity index (χ0v) is 14.7. The number of aromatic nitrogens is 3. The van der Waals surface area contributed by atoms with Gasteiger partial charge in [0.05, 0.1) is 25.3 Å². The maximum atomic E-state index is 5.46. The fourth-order valence-electron chi connectivity index (χ4n) is 2.85. The molecule has 0 atom stereocenters. The predicted octanol–water partition coefficient (Wildman–Crippen LogP) is 4.28. The van der Waals surface area contributed by atoms with E-state index in [4.69, 9.17) is 14.0 Å². The summed E-state index contributed by atoms with van der Waals surface area (Å²) >= 11 is 0. The summed E-state index contributed by atoms with van der Waals surface area (Å²) in [4.78, 5) is 9.13. The van der Waals surface area contributed by atoms with Gasteiger partial charge in [-0.2, -0.15) is 4.98 Å². The number of hydrogen-bond acceptors (Lipinski definition) is 6. The first kappa shape index (κ1) is 16.1. The summed E-state index contributed by atoms with van der Waals surface area (Å²) in [7, 11) is 3.20. The zero-order chi connectivity index (χ0) is 18.1. The lowest BCUT2D eigenvalue weighted by Crippen LogP contribution is -1.95. The van der Waals surface area contributed by atoms with Gasteiger partial charge in [-0.05, 0) is 36.8 Å². The van der Waals surface area contributed by atoms with Crippen LogP contribution in [0.15, 0.2) is 53.1 Å². The van der Waals surface area contributed by atoms with Crippen molar-refractivity contribution in [2.24, 2.45) is 0 Å². The van der Waals surface area contributed by atoms with Gasteiger partial charge in [-0.3, -0.25) is 0 Å². The average molecular weight is 347 g/mol. The van der Waals surface area contributed by atoms with Crippen molar-refractivity contribution in [2.75, 3.05) is 14.2 Å². The van der Waals surface area contributed by atoms with Crippen LogP contribution in [0, 0.1) is 6.92 Å². The van der Waals surface area contributed by atoms with Gasteiger partial charge in [0.25, 0.3) is 5.89 Å². The number of hydrogen-bond donors (Lipinski definition) is 0. The van der Waals surface area contributed by atoms with E-state index in [1.807, 2.05) is 55.5 Å². The molecule has 0 unspecified atom stereocenters. The fraction of sp³-hybridized carbons (Fsp3) is 0.150. The number of benzene rings is 2. The largest absolute Gasteiger partial charge is 0.497 e. The summed E-state index contributed by atoms with van der Waals surface area (Å²) in [5, 5.41) is 5.10. The minimum absolute atomic E-state index is 0.408. The van der Waals surface area contributed by atoms with Crippen molar-refractivity contribution in [3.8, 4) is 34.5 Å². The minimum Gasteiger partial charge on any atom is -0.497 e. The van der Waals surface area contributed by atoms with E-state index in [2.05, 4.69) is 15.1 Å². The van der Waals surface area contributed by atoms with E-state index in [1.165, 1.54) is 0 Å². The maximum absolute atomic E-state index is 5.46. The van der Waals surface area contributed by atoms with Crippen LogP contribution < -0.4 is 9.47 Å². The first-order chi connectivity index (χ1) is 12.7. The van der Waals surface area contributed by atoms with Crippen molar-refractivity contribution >= 4 is 10.9 Å². The summed E-state index contributed by atoms with van der Waals surface area (Å²) in [6, 6.07) is 15.4. The first-order valence-corrected chi connectivity index (χ1v) is 8.12. The third kappa shape index (κ3) is 2.75. The van der Waals surface area contributed by atoms with E-state index in [1.54, 1.807) is 14.2 Å². The molecular formula is C20H17N3O3. The van der Waals surface area contributed by atoms with Crippen LogP contribution in [0.4, 0.5) is 0 Å². The van der Waals surface area contributed by atoms with Crippen LogP contribution in [0.2, 0.25) is 0 Å². The molecule has 0 spiro atoms. The van der Waals surface area contributed by atoms with Crippen molar-refractivity contribution in [1.82, 2.24) is 15.1 Å². The minimum atomic E-state index is 0.408. The molecule has 2 aromatic heterocycles. The molecule has 0 radical (unpaired) electrons. The van der Waals surface area contributed by atoms with Gasteiger partial charge in [-0.15, -0.1) is 0 Å². The topological polar surface area (TPSA) is 70.3 Å². The van der Waals surface area contributed by atoms with Gasteiger partial charge in [-0.25, -0.2) is 4.98 Å². The van der Waals surface area contributed by atoms with Crippen molar-refractivity contribution < 1.29 is 14.0 Å². The Balaban J connectivity index is 1.82. The van der Waals surface area contributed by atoms with Crippen LogP contribution in [0.25, 0.3) is 33.7 Å². The molecule has 0 fully saturated rings. The summed E-state index contributed by atoms with van der Waals surface area (Å²) in [6.45, 7) is 2.02. The highest BCUT2D eigenvalue weighted by Gasteiger charge is 2.17. The fourth-order valence-corrected chi connectivity index (χ4v) is 2.85. The maximum Gasteiger partial charge on any atom is 0.258 e. The molecule has 0 saturated carbocycles. The molecule has 0 aliphatic heterocycles. The summed E-state index contributed by atoms with van der Waals surface area (Å²) < 4.78 is 16.1. The SMILES string of the molecule is COc1cccc(-c2nc(-c3cc4cccc(C)c4nc3OC)no2)c1. The Bertz CT molecular complexity index is 1090. The number of para-hydroxylation sites is 1. The van der Waals surface area contributed by atoms with Crippen molar-refractivity contribution in [3.05, 3.63) is 54.1 Å². The number of ether oxygens (including phenoxy) is 2. The molecule has 0 bridgehead atoms. The smallest absolute Gasteiger partial charge is 0.258 e. The summed E-state index contributed by atoms with van der Waals surface area (Å²) in [5.74, 6) is 2.02. The van der Waals surface area contributed by atoms with Gasteiger partial charge in [0, 0.05) is 10.9 Å². The Morgan fingerprint density at radius 2 is 1.77 bits per heavy atom. The number of pyridine rings is 1. The van der Waals surface area contributed by atoms with Gasteiger partial charge < -0.3 is 14.0 Å². The molecule has 0 saturated heterocycles. The lowest BCUT2D eigenvalue weighted by Gasteiger charge is -2.08. The molecule has 2 aromatic carbocycles. The highest BCUT2D eigenvalue weighted by molar-refractivity contribution is 5.87. The van der Waals surface area contributed by atoms with Gasteiger partial charge in [0.2, 0.25) is 11.7 Å². The van der Waals surface area contributed by atoms with E-state index in [9.17, 15) is 0 Å². The van der Waals surface area contributed by atoms with E-state index in [-0.39, 0.29) is 0 Å². The molecule has 0 aliphatic rings. The second-order valence-corrected chi connectivity index (χ2v) is 5.85. The quantitative estimate of drug-likeness (QED) is 0.549. The second kappa shape index (κ2) is 6.48. The Morgan fingerprint density at radius 3 is 2.58 bits per heavy atom. The Morgan fingerprint density at radius 1 is 0.923 bits per heavy atom. The Labute approximate surface area is 150 Å². The molecule has 4 rings (SSSR count). The molecule has 6 heteroatoms. The van der Waals surface area contributed by atoms with Gasteiger partial charge in [0.1, 0.15) is 5.75 Å². The van der Waals surface area contributed by atoms with Crippen LogP contribution in [-0.4, -0.2) is 29.3 Å².